The van der Waals surface area contributed by atoms with Crippen LogP contribution in [0.2, 0.25) is 0 Å². The highest BCUT2D eigenvalue weighted by atomic mass is 32.2. The summed E-state index contributed by atoms with van der Waals surface area (Å²) in [6.45, 7) is 0.542. The van der Waals surface area contributed by atoms with Gasteiger partial charge in [0.1, 0.15) is 11.6 Å². The second-order valence-electron chi connectivity index (χ2n) is 6.57. The van der Waals surface area contributed by atoms with Crippen molar-refractivity contribution < 1.29 is 17.2 Å². The molecule has 0 saturated carbocycles. The lowest BCUT2D eigenvalue weighted by Gasteiger charge is -2.31. The Morgan fingerprint density at radius 3 is 2.41 bits per heavy atom. The quantitative estimate of drug-likeness (QED) is 0.688. The number of pyridine rings is 2. The summed E-state index contributed by atoms with van der Waals surface area (Å²) in [6, 6.07) is 10.0. The van der Waals surface area contributed by atoms with Crippen molar-refractivity contribution in [2.75, 3.05) is 13.1 Å². The molecule has 8 heteroatoms. The van der Waals surface area contributed by atoms with E-state index >= 15 is 0 Å². The van der Waals surface area contributed by atoms with Crippen molar-refractivity contribution in [1.82, 2.24) is 14.3 Å². The first kappa shape index (κ1) is 17.9. The maximum atomic E-state index is 13.4. The third-order valence-corrected chi connectivity index (χ3v) is 6.71. The van der Waals surface area contributed by atoms with Gasteiger partial charge in [-0.15, -0.1) is 0 Å². The minimum atomic E-state index is -3.93. The van der Waals surface area contributed by atoms with Crippen LogP contribution < -0.4 is 0 Å². The monoisotopic (exact) mass is 389 g/mol. The number of nitrogens with zero attached hydrogens (tertiary/aromatic N) is 3. The number of fused-ring (bicyclic) bond motifs is 1. The lowest BCUT2D eigenvalue weighted by Crippen LogP contribution is -2.38. The van der Waals surface area contributed by atoms with Crippen molar-refractivity contribution in [3.05, 3.63) is 66.0 Å². The largest absolute Gasteiger partial charge is 0.243 e. The molecule has 27 heavy (non-hydrogen) atoms. The predicted molar refractivity (Wildman–Crippen MR) is 96.6 cm³/mol. The molecular formula is C19H17F2N3O2S. The number of hydrogen-bond acceptors (Lipinski definition) is 4. The molecule has 140 valence electrons. The van der Waals surface area contributed by atoms with E-state index in [4.69, 9.17) is 0 Å². The van der Waals surface area contributed by atoms with Gasteiger partial charge in [0.2, 0.25) is 10.0 Å². The Balaban J connectivity index is 1.52. The zero-order valence-corrected chi connectivity index (χ0v) is 15.2. The van der Waals surface area contributed by atoms with E-state index in [2.05, 4.69) is 9.97 Å². The van der Waals surface area contributed by atoms with E-state index in [1.807, 2.05) is 24.3 Å². The molecule has 3 aromatic rings. The average molecular weight is 389 g/mol. The van der Waals surface area contributed by atoms with Crippen molar-refractivity contribution in [2.24, 2.45) is 0 Å². The molecule has 0 unspecified atom stereocenters. The van der Waals surface area contributed by atoms with Gasteiger partial charge in [0.05, 0.1) is 4.90 Å². The van der Waals surface area contributed by atoms with Gasteiger partial charge in [-0.2, -0.15) is 4.31 Å². The smallest absolute Gasteiger partial charge is 0.237 e. The van der Waals surface area contributed by atoms with Crippen molar-refractivity contribution in [2.45, 2.75) is 23.7 Å². The number of piperidine rings is 1. The van der Waals surface area contributed by atoms with Crippen LogP contribution in [0, 0.1) is 11.6 Å². The summed E-state index contributed by atoms with van der Waals surface area (Å²) in [6.07, 6.45) is 2.86. The maximum absolute atomic E-state index is 13.4. The third kappa shape index (κ3) is 3.54. The molecule has 1 aliphatic heterocycles. The Kier molecular flexibility index (Phi) is 4.61. The van der Waals surface area contributed by atoms with Crippen molar-refractivity contribution in [3.63, 3.8) is 0 Å². The van der Waals surface area contributed by atoms with Crippen LogP contribution in [-0.4, -0.2) is 35.8 Å². The molecule has 1 saturated heterocycles. The number of benzene rings is 1. The summed E-state index contributed by atoms with van der Waals surface area (Å²) < 4.78 is 53.4. The first-order valence-electron chi connectivity index (χ1n) is 8.61. The van der Waals surface area contributed by atoms with Gasteiger partial charge >= 0.3 is 0 Å². The van der Waals surface area contributed by atoms with Gasteiger partial charge in [0.15, 0.2) is 5.65 Å². The zero-order valence-electron chi connectivity index (χ0n) is 14.3. The molecule has 0 N–H and O–H groups in total. The standard InChI is InChI=1S/C19H17F2N3O2S/c20-15-10-16(21)12-17(11-15)27(25,26)24-8-5-13(6-9-24)18-4-3-14-2-1-7-22-19(14)23-18/h1-4,7,10-13H,5-6,8-9H2. The van der Waals surface area contributed by atoms with Crippen LogP contribution in [0.1, 0.15) is 24.5 Å². The molecule has 0 spiro atoms. The number of aromatic nitrogens is 2. The number of rotatable bonds is 3. The van der Waals surface area contributed by atoms with Crippen LogP contribution in [-0.2, 0) is 10.0 Å². The summed E-state index contributed by atoms with van der Waals surface area (Å²) in [5.41, 5.74) is 1.55. The fourth-order valence-corrected chi connectivity index (χ4v) is 4.93. The number of halogens is 2. The van der Waals surface area contributed by atoms with Gasteiger partial charge in [-0.05, 0) is 49.2 Å². The first-order chi connectivity index (χ1) is 12.9. The molecule has 0 amide bonds. The summed E-state index contributed by atoms with van der Waals surface area (Å²) in [5, 5.41) is 0.953. The molecule has 0 aliphatic carbocycles. The number of sulfonamides is 1. The highest BCUT2D eigenvalue weighted by Gasteiger charge is 2.31. The fraction of sp³-hybridized carbons (Fsp3) is 0.263. The van der Waals surface area contributed by atoms with Crippen LogP contribution in [0.4, 0.5) is 8.78 Å². The predicted octanol–water partition coefficient (Wildman–Crippen LogP) is 3.48. The molecule has 4 rings (SSSR count). The lowest BCUT2D eigenvalue weighted by atomic mass is 9.94. The van der Waals surface area contributed by atoms with Crippen LogP contribution in [0.5, 0.6) is 0 Å². The minimum Gasteiger partial charge on any atom is -0.237 e. The minimum absolute atomic E-state index is 0.118. The van der Waals surface area contributed by atoms with Gasteiger partial charge in [0, 0.05) is 42.4 Å². The Labute approximate surface area is 155 Å². The van der Waals surface area contributed by atoms with Crippen molar-refractivity contribution in [3.8, 4) is 0 Å². The third-order valence-electron chi connectivity index (χ3n) is 4.83. The van der Waals surface area contributed by atoms with E-state index in [0.29, 0.717) is 24.6 Å². The van der Waals surface area contributed by atoms with Crippen LogP contribution in [0.15, 0.2) is 53.6 Å². The van der Waals surface area contributed by atoms with Gasteiger partial charge in [0.25, 0.3) is 0 Å². The van der Waals surface area contributed by atoms with E-state index in [9.17, 15) is 17.2 Å². The van der Waals surface area contributed by atoms with Gasteiger partial charge < -0.3 is 0 Å². The van der Waals surface area contributed by atoms with Gasteiger partial charge in [-0.3, -0.25) is 0 Å². The summed E-state index contributed by atoms with van der Waals surface area (Å²) in [4.78, 5) is 8.49. The van der Waals surface area contributed by atoms with E-state index in [1.54, 1.807) is 6.20 Å². The molecule has 5 nitrogen and oxygen atoms in total. The summed E-state index contributed by atoms with van der Waals surface area (Å²) in [5.74, 6) is -1.69. The lowest BCUT2D eigenvalue weighted by molar-refractivity contribution is 0.316. The molecule has 0 radical (unpaired) electrons. The Morgan fingerprint density at radius 1 is 1.00 bits per heavy atom. The zero-order chi connectivity index (χ0) is 19.0. The second kappa shape index (κ2) is 6.94. The molecular weight excluding hydrogens is 372 g/mol. The maximum Gasteiger partial charge on any atom is 0.243 e. The van der Waals surface area contributed by atoms with Crippen LogP contribution in [0.3, 0.4) is 0 Å². The molecule has 2 aromatic heterocycles. The summed E-state index contributed by atoms with van der Waals surface area (Å²) in [7, 11) is -3.93. The second-order valence-corrected chi connectivity index (χ2v) is 8.51. The van der Waals surface area contributed by atoms with E-state index in [0.717, 1.165) is 23.2 Å². The highest BCUT2D eigenvalue weighted by Crippen LogP contribution is 2.30. The SMILES string of the molecule is O=S(=O)(c1cc(F)cc(F)c1)N1CCC(c2ccc3cccnc3n2)CC1. The first-order valence-corrected chi connectivity index (χ1v) is 10.1. The number of hydrogen-bond donors (Lipinski definition) is 0. The Morgan fingerprint density at radius 2 is 1.70 bits per heavy atom. The van der Waals surface area contributed by atoms with Gasteiger partial charge in [-0.1, -0.05) is 0 Å². The van der Waals surface area contributed by atoms with E-state index in [-0.39, 0.29) is 23.9 Å². The summed E-state index contributed by atoms with van der Waals surface area (Å²) >= 11 is 0. The molecule has 0 atom stereocenters. The van der Waals surface area contributed by atoms with Crippen LogP contribution >= 0.6 is 0 Å². The van der Waals surface area contributed by atoms with Gasteiger partial charge in [-0.25, -0.2) is 27.2 Å². The topological polar surface area (TPSA) is 63.2 Å². The van der Waals surface area contributed by atoms with E-state index < -0.39 is 21.7 Å². The molecule has 1 aliphatic rings. The molecule has 3 heterocycles. The Bertz CT molecular complexity index is 1080. The van der Waals surface area contributed by atoms with Crippen molar-refractivity contribution >= 4 is 21.1 Å². The van der Waals surface area contributed by atoms with Crippen LogP contribution in [0.25, 0.3) is 11.0 Å². The Hall–Kier alpha value is -2.45. The van der Waals surface area contributed by atoms with Crippen molar-refractivity contribution in [1.29, 1.82) is 0 Å². The molecule has 0 bridgehead atoms. The average Bonchev–Trinajstić information content (AvgIpc) is 2.67. The highest BCUT2D eigenvalue weighted by molar-refractivity contribution is 7.89. The normalized spacial score (nSPS) is 16.7. The molecule has 1 aromatic carbocycles. The molecule has 1 fully saturated rings. The van der Waals surface area contributed by atoms with E-state index in [1.165, 1.54) is 4.31 Å². The fourth-order valence-electron chi connectivity index (χ4n) is 3.41.